The number of nitrogens with zero attached hydrogens (tertiary/aromatic N) is 1. The zero-order chi connectivity index (χ0) is 38.3. The minimum atomic E-state index is -3.51. The molecule has 8 nitrogen and oxygen atoms in total. The standard InChI is InChI=1S/C41H63F2NO7S/c1-38(2,3)52(50,51)26-40(17-10-8-11-18-40)24-30(45)22-29-13-9-6-7-12-19-41(42,43)20-16-28(36(48)33(47)21-27-14-15-27)23-32(46)35-34-31(39(34,4)5)25-44(35)37(29)49/h27-29,31,34-35H,6-26H2,1-5H3/t28-,29-,31+,34+,35-/m1/s1. The van der Waals surface area contributed by atoms with Crippen LogP contribution in [0.5, 0.6) is 0 Å². The molecule has 0 unspecified atom stereocenters. The summed E-state index contributed by atoms with van der Waals surface area (Å²) >= 11 is 0. The molecule has 0 bridgehead atoms. The SMILES string of the molecule is CC1(C)[C@@H]2[C@H]3C(=O)C[C@H](C(=O)C(=O)CC4CC4)CCC(F)(F)CCCCCC[C@H](CC(=O)CC4(CS(=O)(=O)C(C)(C)C)CCCCC4)C(=O)N3C[C@@H]21. The van der Waals surface area contributed by atoms with Gasteiger partial charge in [0.05, 0.1) is 16.5 Å². The van der Waals surface area contributed by atoms with E-state index in [0.29, 0.717) is 45.1 Å². The molecule has 5 rings (SSSR count). The number of hydrogen-bond donors (Lipinski definition) is 0. The normalized spacial score (nSPS) is 31.4. The van der Waals surface area contributed by atoms with Gasteiger partial charge < -0.3 is 4.90 Å². The Bertz CT molecular complexity index is 1490. The van der Waals surface area contributed by atoms with Gasteiger partial charge in [0, 0.05) is 56.9 Å². The fourth-order valence-corrected chi connectivity index (χ4v) is 11.4. The first kappa shape index (κ1) is 41.1. The van der Waals surface area contributed by atoms with E-state index in [1.165, 1.54) is 0 Å². The summed E-state index contributed by atoms with van der Waals surface area (Å²) < 4.78 is 56.1. The molecule has 0 radical (unpaired) electrons. The highest BCUT2D eigenvalue weighted by molar-refractivity contribution is 7.92. The smallest absolute Gasteiger partial charge is 0.248 e. The summed E-state index contributed by atoms with van der Waals surface area (Å²) in [4.78, 5) is 70.8. The lowest BCUT2D eigenvalue weighted by Gasteiger charge is -2.39. The van der Waals surface area contributed by atoms with Gasteiger partial charge >= 0.3 is 0 Å². The highest BCUT2D eigenvalue weighted by Gasteiger charge is 2.69. The highest BCUT2D eigenvalue weighted by atomic mass is 32.2. The van der Waals surface area contributed by atoms with E-state index in [0.717, 1.165) is 32.1 Å². The molecule has 0 spiro atoms. The van der Waals surface area contributed by atoms with Crippen molar-refractivity contribution in [1.82, 2.24) is 4.90 Å². The summed E-state index contributed by atoms with van der Waals surface area (Å²) in [5.74, 6) is -7.00. The van der Waals surface area contributed by atoms with E-state index in [9.17, 15) is 32.4 Å². The maximum atomic E-state index is 15.1. The molecule has 0 aromatic heterocycles. The van der Waals surface area contributed by atoms with Crippen LogP contribution in [0.25, 0.3) is 0 Å². The summed E-state index contributed by atoms with van der Waals surface area (Å²) in [6.45, 7) is 9.50. The lowest BCUT2D eigenvalue weighted by molar-refractivity contribution is -0.146. The molecule has 5 fully saturated rings. The van der Waals surface area contributed by atoms with E-state index in [-0.39, 0.29) is 91.3 Å². The number of hydrogen-bond acceptors (Lipinski definition) is 7. The number of halogens is 2. The maximum absolute atomic E-state index is 15.1. The number of Topliss-reactive ketones (excluding diaryl/α,β-unsaturated/α-hetero) is 4. The van der Waals surface area contributed by atoms with Gasteiger partial charge in [-0.2, -0.15) is 0 Å². The Hall–Kier alpha value is -2.04. The molecular formula is C41H63F2NO7S. The van der Waals surface area contributed by atoms with Crippen LogP contribution in [-0.2, 0) is 33.8 Å². The number of carbonyl (C=O) groups excluding carboxylic acids is 5. The van der Waals surface area contributed by atoms with Gasteiger partial charge in [0.1, 0.15) is 5.78 Å². The van der Waals surface area contributed by atoms with Gasteiger partial charge in [-0.15, -0.1) is 0 Å². The topological polar surface area (TPSA) is 123 Å². The second kappa shape index (κ2) is 15.6. The molecule has 5 atom stereocenters. The average Bonchev–Trinajstić information content (AvgIpc) is 3.89. The van der Waals surface area contributed by atoms with Crippen LogP contribution in [0.2, 0.25) is 0 Å². The Morgan fingerprint density at radius 2 is 1.44 bits per heavy atom. The van der Waals surface area contributed by atoms with Crippen molar-refractivity contribution in [2.24, 2.45) is 40.4 Å². The summed E-state index contributed by atoms with van der Waals surface area (Å²) in [6.07, 6.45) is 6.63. The van der Waals surface area contributed by atoms with Crippen molar-refractivity contribution in [1.29, 1.82) is 0 Å². The van der Waals surface area contributed by atoms with E-state index in [4.69, 9.17) is 0 Å². The molecule has 294 valence electrons. The third-order valence-corrected chi connectivity index (χ3v) is 16.4. The second-order valence-corrected chi connectivity index (χ2v) is 21.8. The quantitative estimate of drug-likeness (QED) is 0.208. The Balaban J connectivity index is 1.39. The molecule has 3 aliphatic carbocycles. The number of carbonyl (C=O) groups is 5. The fourth-order valence-electron chi connectivity index (χ4n) is 9.73. The molecule has 2 aliphatic heterocycles. The molecule has 11 heteroatoms. The first-order chi connectivity index (χ1) is 24.2. The van der Waals surface area contributed by atoms with Gasteiger partial charge in [-0.05, 0) is 94.3 Å². The Kier molecular flexibility index (Phi) is 12.3. The third-order valence-electron chi connectivity index (χ3n) is 13.5. The van der Waals surface area contributed by atoms with Crippen molar-refractivity contribution in [2.45, 2.75) is 173 Å². The molecule has 3 saturated carbocycles. The number of piperidine rings is 1. The number of fused-ring (bicyclic) bond motifs is 3. The number of ketones is 4. The van der Waals surface area contributed by atoms with Crippen LogP contribution in [0.1, 0.15) is 157 Å². The molecule has 0 aromatic carbocycles. The molecule has 2 heterocycles. The zero-order valence-electron chi connectivity index (χ0n) is 32.3. The molecule has 2 saturated heterocycles. The highest BCUT2D eigenvalue weighted by Crippen LogP contribution is 2.65. The van der Waals surface area contributed by atoms with Gasteiger partial charge in [-0.1, -0.05) is 52.4 Å². The Labute approximate surface area is 310 Å². The lowest BCUT2D eigenvalue weighted by atomic mass is 9.71. The van der Waals surface area contributed by atoms with Crippen molar-refractivity contribution in [3.8, 4) is 0 Å². The summed E-state index contributed by atoms with van der Waals surface area (Å²) in [5, 5.41) is 0. The summed E-state index contributed by atoms with van der Waals surface area (Å²) in [7, 11) is -3.51. The molecule has 5 aliphatic rings. The summed E-state index contributed by atoms with van der Waals surface area (Å²) in [6, 6.07) is -0.839. The van der Waals surface area contributed by atoms with E-state index < -0.39 is 61.8 Å². The Morgan fingerprint density at radius 1 is 0.827 bits per heavy atom. The predicted octanol–water partition coefficient (Wildman–Crippen LogP) is 7.88. The first-order valence-electron chi connectivity index (χ1n) is 20.2. The first-order valence-corrected chi connectivity index (χ1v) is 21.8. The number of rotatable bonds is 10. The van der Waals surface area contributed by atoms with E-state index in [1.54, 1.807) is 25.7 Å². The van der Waals surface area contributed by atoms with Crippen LogP contribution in [-0.4, -0.2) is 71.4 Å². The van der Waals surface area contributed by atoms with E-state index >= 15 is 8.78 Å². The minimum Gasteiger partial charge on any atom is -0.332 e. The number of sulfone groups is 1. The van der Waals surface area contributed by atoms with Crippen LogP contribution < -0.4 is 0 Å². The van der Waals surface area contributed by atoms with Crippen molar-refractivity contribution in [2.75, 3.05) is 12.3 Å². The van der Waals surface area contributed by atoms with Gasteiger partial charge in [-0.25, -0.2) is 17.2 Å². The monoisotopic (exact) mass is 751 g/mol. The van der Waals surface area contributed by atoms with Crippen LogP contribution in [0.15, 0.2) is 0 Å². The largest absolute Gasteiger partial charge is 0.332 e. The van der Waals surface area contributed by atoms with Crippen molar-refractivity contribution in [3.63, 3.8) is 0 Å². The maximum Gasteiger partial charge on any atom is 0.248 e. The lowest BCUT2D eigenvalue weighted by Crippen LogP contribution is -2.49. The van der Waals surface area contributed by atoms with Crippen LogP contribution in [0, 0.1) is 40.4 Å². The molecule has 0 N–H and O–H groups in total. The third kappa shape index (κ3) is 9.60. The summed E-state index contributed by atoms with van der Waals surface area (Å²) in [5.41, 5.74) is -0.895. The fraction of sp³-hybridized carbons (Fsp3) is 0.878. The van der Waals surface area contributed by atoms with E-state index in [2.05, 4.69) is 13.8 Å². The van der Waals surface area contributed by atoms with Gasteiger partial charge in [0.25, 0.3) is 0 Å². The number of amides is 1. The average molecular weight is 752 g/mol. The van der Waals surface area contributed by atoms with Gasteiger partial charge in [0.2, 0.25) is 17.6 Å². The Morgan fingerprint density at radius 3 is 2.08 bits per heavy atom. The van der Waals surface area contributed by atoms with Crippen molar-refractivity contribution < 1.29 is 41.2 Å². The van der Waals surface area contributed by atoms with Gasteiger partial charge in [-0.3, -0.25) is 24.0 Å². The molecule has 1 amide bonds. The van der Waals surface area contributed by atoms with Crippen molar-refractivity contribution in [3.05, 3.63) is 0 Å². The minimum absolute atomic E-state index is 0.0544. The molecular weight excluding hydrogens is 689 g/mol. The zero-order valence-corrected chi connectivity index (χ0v) is 33.1. The second-order valence-electron chi connectivity index (χ2n) is 19.1. The predicted molar refractivity (Wildman–Crippen MR) is 195 cm³/mol. The van der Waals surface area contributed by atoms with Crippen LogP contribution in [0.3, 0.4) is 0 Å². The van der Waals surface area contributed by atoms with Gasteiger partial charge in [0.15, 0.2) is 21.4 Å². The molecule has 0 aromatic rings. The van der Waals surface area contributed by atoms with Crippen molar-refractivity contribution >= 4 is 38.9 Å². The number of alkyl halides is 2. The van der Waals surface area contributed by atoms with Crippen LogP contribution in [0.4, 0.5) is 8.78 Å². The van der Waals surface area contributed by atoms with E-state index in [1.807, 2.05) is 0 Å². The van der Waals surface area contributed by atoms with Crippen LogP contribution >= 0.6 is 0 Å². The molecule has 52 heavy (non-hydrogen) atoms.